The van der Waals surface area contributed by atoms with Gasteiger partial charge in [0.1, 0.15) is 0 Å². The third-order valence-corrected chi connectivity index (χ3v) is 6.30. The summed E-state index contributed by atoms with van der Waals surface area (Å²) in [5.41, 5.74) is 5.49. The highest BCUT2D eigenvalue weighted by atomic mass is 16.2. The number of benzene rings is 2. The number of amides is 1. The maximum atomic E-state index is 12.9. The fourth-order valence-corrected chi connectivity index (χ4v) is 4.50. The first-order valence-corrected chi connectivity index (χ1v) is 10.9. The molecule has 1 unspecified atom stereocenters. The normalized spacial score (nSPS) is 16.6. The Labute approximate surface area is 186 Å². The monoisotopic (exact) mass is 424 g/mol. The van der Waals surface area contributed by atoms with Gasteiger partial charge in [-0.25, -0.2) is 4.98 Å². The van der Waals surface area contributed by atoms with Crippen LogP contribution in [0.4, 0.5) is 0 Å². The summed E-state index contributed by atoms with van der Waals surface area (Å²) in [5.74, 6) is 0.551. The van der Waals surface area contributed by atoms with Crippen LogP contribution in [0.15, 0.2) is 61.2 Å². The van der Waals surface area contributed by atoms with Gasteiger partial charge in [0.15, 0.2) is 0 Å². The fourth-order valence-electron chi connectivity index (χ4n) is 4.50. The van der Waals surface area contributed by atoms with Crippen LogP contribution in [0.2, 0.25) is 0 Å². The zero-order chi connectivity index (χ0) is 21.9. The van der Waals surface area contributed by atoms with Crippen molar-refractivity contribution in [2.24, 2.45) is 5.92 Å². The lowest BCUT2D eigenvalue weighted by Crippen LogP contribution is -2.32. The number of nitrogens with one attached hydrogen (secondary N) is 1. The first-order chi connectivity index (χ1) is 15.7. The number of fused-ring (bicyclic) bond motifs is 1. The van der Waals surface area contributed by atoms with Gasteiger partial charge in [-0.05, 0) is 67.1 Å². The number of aromatic nitrogens is 4. The van der Waals surface area contributed by atoms with Crippen molar-refractivity contribution in [3.63, 3.8) is 0 Å². The molecular weight excluding hydrogens is 400 g/mol. The Kier molecular flexibility index (Phi) is 5.42. The number of hydrogen-bond donors (Lipinski definition) is 1. The molecule has 1 aliphatic rings. The molecule has 0 spiro atoms. The molecule has 0 radical (unpaired) electrons. The Hall–Kier alpha value is -3.92. The van der Waals surface area contributed by atoms with Crippen LogP contribution in [0, 0.1) is 17.2 Å². The van der Waals surface area contributed by atoms with Crippen LogP contribution in [0.25, 0.3) is 22.2 Å². The second kappa shape index (κ2) is 8.67. The standard InChI is InChI=1S/C25H24N6O/c26-13-18-3-5-20(6-4-18)25(32)30-10-1-2-19(9-11-30)16-31-17-27-23-12-21(7-8-24(23)31)22-14-28-29-15-22/h3-8,12,14-15,17,19H,1-2,9-11,16H2,(H,28,29). The summed E-state index contributed by atoms with van der Waals surface area (Å²) in [4.78, 5) is 19.5. The van der Waals surface area contributed by atoms with Gasteiger partial charge in [-0.2, -0.15) is 10.4 Å². The van der Waals surface area contributed by atoms with Gasteiger partial charge in [0.05, 0.1) is 35.2 Å². The highest BCUT2D eigenvalue weighted by Gasteiger charge is 2.22. The molecular formula is C25H24N6O. The van der Waals surface area contributed by atoms with Crippen molar-refractivity contribution in [2.45, 2.75) is 25.8 Å². The van der Waals surface area contributed by atoms with Gasteiger partial charge in [-0.1, -0.05) is 6.07 Å². The Balaban J connectivity index is 1.25. The Morgan fingerprint density at radius 3 is 2.78 bits per heavy atom. The number of H-pyrrole nitrogens is 1. The predicted octanol–water partition coefficient (Wildman–Crippen LogP) is 4.24. The highest BCUT2D eigenvalue weighted by molar-refractivity contribution is 5.94. The number of nitriles is 1. The van der Waals surface area contributed by atoms with E-state index < -0.39 is 0 Å². The summed E-state index contributed by atoms with van der Waals surface area (Å²) < 4.78 is 2.23. The molecule has 32 heavy (non-hydrogen) atoms. The van der Waals surface area contributed by atoms with Gasteiger partial charge in [0.25, 0.3) is 5.91 Å². The predicted molar refractivity (Wildman–Crippen MR) is 122 cm³/mol. The van der Waals surface area contributed by atoms with E-state index in [0.717, 1.165) is 61.1 Å². The van der Waals surface area contributed by atoms with Crippen molar-refractivity contribution in [2.75, 3.05) is 13.1 Å². The summed E-state index contributed by atoms with van der Waals surface area (Å²) in [6, 6.07) is 15.3. The van der Waals surface area contributed by atoms with Crippen molar-refractivity contribution in [3.8, 4) is 17.2 Å². The van der Waals surface area contributed by atoms with E-state index in [9.17, 15) is 4.79 Å². The second-order valence-corrected chi connectivity index (χ2v) is 8.37. The van der Waals surface area contributed by atoms with Gasteiger partial charge in [-0.3, -0.25) is 9.89 Å². The average Bonchev–Trinajstić information content (AvgIpc) is 3.45. The van der Waals surface area contributed by atoms with Crippen LogP contribution in [0.3, 0.4) is 0 Å². The molecule has 160 valence electrons. The molecule has 0 saturated carbocycles. The Morgan fingerprint density at radius 1 is 1.12 bits per heavy atom. The van der Waals surface area contributed by atoms with Gasteiger partial charge >= 0.3 is 0 Å². The SMILES string of the molecule is N#Cc1ccc(C(=O)N2CCCC(Cn3cnc4cc(-c5cn[nH]c5)ccc43)CC2)cc1. The molecule has 1 amide bonds. The lowest BCUT2D eigenvalue weighted by molar-refractivity contribution is 0.0759. The number of imidazole rings is 1. The smallest absolute Gasteiger partial charge is 0.253 e. The molecule has 1 fully saturated rings. The summed E-state index contributed by atoms with van der Waals surface area (Å²) in [6.07, 6.45) is 8.67. The fraction of sp³-hybridized carbons (Fsp3) is 0.280. The van der Waals surface area contributed by atoms with Crippen molar-refractivity contribution < 1.29 is 4.79 Å². The van der Waals surface area contributed by atoms with E-state index in [1.54, 1.807) is 24.3 Å². The number of rotatable bonds is 4. The molecule has 3 heterocycles. The van der Waals surface area contributed by atoms with Crippen LogP contribution in [0.1, 0.15) is 35.2 Å². The van der Waals surface area contributed by atoms with Crippen molar-refractivity contribution in [3.05, 3.63) is 72.3 Å². The summed E-state index contributed by atoms with van der Waals surface area (Å²) in [5, 5.41) is 15.8. The quantitative estimate of drug-likeness (QED) is 0.530. The third kappa shape index (κ3) is 4.00. The van der Waals surface area contributed by atoms with E-state index in [-0.39, 0.29) is 5.91 Å². The van der Waals surface area contributed by atoms with Gasteiger partial charge < -0.3 is 9.47 Å². The van der Waals surface area contributed by atoms with Crippen molar-refractivity contribution in [1.82, 2.24) is 24.6 Å². The van der Waals surface area contributed by atoms with Crippen LogP contribution in [0.5, 0.6) is 0 Å². The maximum Gasteiger partial charge on any atom is 0.253 e. The maximum absolute atomic E-state index is 12.9. The van der Waals surface area contributed by atoms with E-state index in [0.29, 0.717) is 17.0 Å². The lowest BCUT2D eigenvalue weighted by Gasteiger charge is -2.21. The van der Waals surface area contributed by atoms with Crippen LogP contribution < -0.4 is 0 Å². The molecule has 1 atom stereocenters. The van der Waals surface area contributed by atoms with E-state index >= 15 is 0 Å². The van der Waals surface area contributed by atoms with E-state index in [4.69, 9.17) is 5.26 Å². The van der Waals surface area contributed by atoms with Crippen molar-refractivity contribution in [1.29, 1.82) is 5.26 Å². The summed E-state index contributed by atoms with van der Waals surface area (Å²) in [7, 11) is 0. The molecule has 7 nitrogen and oxygen atoms in total. The largest absolute Gasteiger partial charge is 0.339 e. The van der Waals surface area contributed by atoms with Crippen LogP contribution in [-0.2, 0) is 6.54 Å². The van der Waals surface area contributed by atoms with Crippen LogP contribution in [-0.4, -0.2) is 43.6 Å². The molecule has 2 aromatic carbocycles. The molecule has 5 rings (SSSR count). The number of aromatic amines is 1. The van der Waals surface area contributed by atoms with E-state index in [1.807, 2.05) is 23.6 Å². The zero-order valence-corrected chi connectivity index (χ0v) is 17.7. The molecule has 2 aromatic heterocycles. The first kappa shape index (κ1) is 20.0. The Bertz CT molecular complexity index is 1270. The van der Waals surface area contributed by atoms with Gasteiger partial charge in [0.2, 0.25) is 0 Å². The summed E-state index contributed by atoms with van der Waals surface area (Å²) in [6.45, 7) is 2.43. The number of likely N-dealkylation sites (tertiary alicyclic amines) is 1. The molecule has 1 aliphatic heterocycles. The minimum atomic E-state index is 0.0509. The first-order valence-electron chi connectivity index (χ1n) is 10.9. The molecule has 1 saturated heterocycles. The second-order valence-electron chi connectivity index (χ2n) is 8.37. The molecule has 0 bridgehead atoms. The molecule has 4 aromatic rings. The summed E-state index contributed by atoms with van der Waals surface area (Å²) >= 11 is 0. The van der Waals surface area contributed by atoms with Gasteiger partial charge in [-0.15, -0.1) is 0 Å². The molecule has 7 heteroatoms. The molecule has 1 N–H and O–H groups in total. The minimum Gasteiger partial charge on any atom is -0.339 e. The zero-order valence-electron chi connectivity index (χ0n) is 17.7. The van der Waals surface area contributed by atoms with E-state index in [1.165, 1.54) is 0 Å². The number of nitrogens with zero attached hydrogens (tertiary/aromatic N) is 5. The number of hydrogen-bond acceptors (Lipinski definition) is 4. The van der Waals surface area contributed by atoms with Gasteiger partial charge in [0, 0.05) is 37.0 Å². The average molecular weight is 425 g/mol. The topological polar surface area (TPSA) is 90.6 Å². The number of carbonyl (C=O) groups is 1. The lowest BCUT2D eigenvalue weighted by atomic mass is 10.0. The third-order valence-electron chi connectivity index (χ3n) is 6.30. The number of carbonyl (C=O) groups excluding carboxylic acids is 1. The minimum absolute atomic E-state index is 0.0509. The van der Waals surface area contributed by atoms with E-state index in [2.05, 4.69) is 44.0 Å². The Morgan fingerprint density at radius 2 is 2.00 bits per heavy atom. The molecule has 0 aliphatic carbocycles. The highest BCUT2D eigenvalue weighted by Crippen LogP contribution is 2.26. The van der Waals surface area contributed by atoms with Crippen molar-refractivity contribution >= 4 is 16.9 Å². The van der Waals surface area contributed by atoms with Crippen LogP contribution >= 0.6 is 0 Å².